The highest BCUT2D eigenvalue weighted by Gasteiger charge is 2.33. The topological polar surface area (TPSA) is 77.1 Å². The lowest BCUT2D eigenvalue weighted by Gasteiger charge is -2.28. The Morgan fingerprint density at radius 2 is 1.89 bits per heavy atom. The van der Waals surface area contributed by atoms with Crippen molar-refractivity contribution in [2.24, 2.45) is 0 Å². The van der Waals surface area contributed by atoms with Gasteiger partial charge in [-0.1, -0.05) is 6.07 Å². The Kier molecular flexibility index (Phi) is 6.93. The minimum Gasteiger partial charge on any atom is -0.493 e. The lowest BCUT2D eigenvalue weighted by atomic mass is 10.1. The number of likely N-dealkylation sites (tertiary alicyclic amines) is 1. The fraction of sp³-hybridized carbons (Fsp3) is 0.600. The molecular formula is C20H30N2O5. The van der Waals surface area contributed by atoms with Crippen LogP contribution in [0.5, 0.6) is 11.5 Å². The van der Waals surface area contributed by atoms with E-state index in [9.17, 15) is 9.59 Å². The molecule has 0 spiro atoms. The molecule has 2 amide bonds. The second-order valence-electron chi connectivity index (χ2n) is 7.64. The largest absolute Gasteiger partial charge is 0.493 e. The molecule has 7 nitrogen and oxygen atoms in total. The summed E-state index contributed by atoms with van der Waals surface area (Å²) in [6.45, 7) is 6.53. The van der Waals surface area contributed by atoms with Gasteiger partial charge in [0.05, 0.1) is 14.2 Å². The first-order valence-corrected chi connectivity index (χ1v) is 9.20. The second kappa shape index (κ2) is 8.97. The molecule has 0 saturated carbocycles. The molecule has 1 aliphatic heterocycles. The maximum Gasteiger partial charge on any atom is 0.410 e. The van der Waals surface area contributed by atoms with E-state index in [4.69, 9.17) is 14.2 Å². The van der Waals surface area contributed by atoms with Crippen molar-refractivity contribution in [1.82, 2.24) is 10.2 Å². The first kappa shape index (κ1) is 20.9. The molecule has 0 bridgehead atoms. The molecule has 1 fully saturated rings. The van der Waals surface area contributed by atoms with Gasteiger partial charge in [-0.2, -0.15) is 0 Å². The summed E-state index contributed by atoms with van der Waals surface area (Å²) in [6, 6.07) is 5.40. The lowest BCUT2D eigenvalue weighted by molar-refractivity contribution is -0.122. The second-order valence-corrected chi connectivity index (χ2v) is 7.64. The Balaban J connectivity index is 1.88. The summed E-state index contributed by atoms with van der Waals surface area (Å²) in [5.74, 6) is 1.17. The Morgan fingerprint density at radius 3 is 2.52 bits per heavy atom. The molecule has 0 aliphatic carbocycles. The van der Waals surface area contributed by atoms with Crippen LogP contribution < -0.4 is 14.8 Å². The van der Waals surface area contributed by atoms with Gasteiger partial charge in [-0.3, -0.25) is 4.79 Å². The number of benzene rings is 1. The van der Waals surface area contributed by atoms with Crippen molar-refractivity contribution in [3.05, 3.63) is 23.8 Å². The van der Waals surface area contributed by atoms with Gasteiger partial charge in [-0.05, 0) is 51.3 Å². The molecule has 1 saturated heterocycles. The van der Waals surface area contributed by atoms with Crippen molar-refractivity contribution in [1.29, 1.82) is 0 Å². The number of nitrogens with one attached hydrogen (secondary N) is 1. The molecule has 2 rings (SSSR count). The van der Waals surface area contributed by atoms with Gasteiger partial charge in [-0.15, -0.1) is 0 Å². The van der Waals surface area contributed by atoms with E-state index in [2.05, 4.69) is 5.32 Å². The first-order valence-electron chi connectivity index (χ1n) is 9.20. The molecule has 0 radical (unpaired) electrons. The van der Waals surface area contributed by atoms with E-state index >= 15 is 0 Å². The number of ether oxygens (including phenoxy) is 3. The number of hydrogen-bond acceptors (Lipinski definition) is 5. The zero-order chi connectivity index (χ0) is 20.0. The molecule has 0 unspecified atom stereocenters. The van der Waals surface area contributed by atoms with Crippen LogP contribution in [0.25, 0.3) is 0 Å². The minimum atomic E-state index is -0.542. The normalized spacial score (nSPS) is 16.8. The van der Waals surface area contributed by atoms with E-state index in [1.54, 1.807) is 19.1 Å². The molecule has 1 aromatic rings. The number of amides is 2. The van der Waals surface area contributed by atoms with E-state index in [1.807, 2.05) is 39.0 Å². The number of hydrogen-bond donors (Lipinski definition) is 1. The zero-order valence-electron chi connectivity index (χ0n) is 16.8. The van der Waals surface area contributed by atoms with Crippen LogP contribution in [0.3, 0.4) is 0 Å². The van der Waals surface area contributed by atoms with Crippen LogP contribution in [0.4, 0.5) is 4.79 Å². The van der Waals surface area contributed by atoms with Crippen LogP contribution in [0.1, 0.15) is 45.6 Å². The van der Waals surface area contributed by atoms with Crippen molar-refractivity contribution in [2.75, 3.05) is 20.8 Å². The highest BCUT2D eigenvalue weighted by atomic mass is 16.6. The summed E-state index contributed by atoms with van der Waals surface area (Å²) in [5.41, 5.74) is 0.372. The molecule has 27 heavy (non-hydrogen) atoms. The first-order chi connectivity index (χ1) is 12.7. The third-order valence-electron chi connectivity index (χ3n) is 4.36. The van der Waals surface area contributed by atoms with Gasteiger partial charge in [0, 0.05) is 25.6 Å². The smallest absolute Gasteiger partial charge is 0.410 e. The third kappa shape index (κ3) is 6.05. The van der Waals surface area contributed by atoms with Crippen LogP contribution in [0.15, 0.2) is 18.2 Å². The highest BCUT2D eigenvalue weighted by Crippen LogP contribution is 2.27. The predicted octanol–water partition coefficient (Wildman–Crippen LogP) is 3.11. The van der Waals surface area contributed by atoms with E-state index in [0.717, 1.165) is 18.4 Å². The summed E-state index contributed by atoms with van der Waals surface area (Å²) in [7, 11) is 3.16. The van der Waals surface area contributed by atoms with Gasteiger partial charge >= 0.3 is 6.09 Å². The average molecular weight is 378 g/mol. The van der Waals surface area contributed by atoms with Crippen molar-refractivity contribution in [3.8, 4) is 11.5 Å². The molecule has 1 N–H and O–H groups in total. The van der Waals surface area contributed by atoms with Gasteiger partial charge in [0.1, 0.15) is 5.60 Å². The van der Waals surface area contributed by atoms with Crippen LogP contribution in [0, 0.1) is 0 Å². The summed E-state index contributed by atoms with van der Waals surface area (Å²) < 4.78 is 15.9. The summed E-state index contributed by atoms with van der Waals surface area (Å²) in [6.07, 6.45) is 1.61. The predicted molar refractivity (Wildman–Crippen MR) is 102 cm³/mol. The van der Waals surface area contributed by atoms with Crippen molar-refractivity contribution in [3.63, 3.8) is 0 Å². The fourth-order valence-electron chi connectivity index (χ4n) is 3.09. The highest BCUT2D eigenvalue weighted by molar-refractivity contribution is 5.78. The van der Waals surface area contributed by atoms with E-state index < -0.39 is 5.60 Å². The number of rotatable bonds is 6. The average Bonchev–Trinajstić information content (AvgIpc) is 3.06. The van der Waals surface area contributed by atoms with Gasteiger partial charge in [0.25, 0.3) is 0 Å². The van der Waals surface area contributed by atoms with Gasteiger partial charge in [0.2, 0.25) is 5.91 Å². The minimum absolute atomic E-state index is 0.0924. The van der Waals surface area contributed by atoms with Crippen molar-refractivity contribution >= 4 is 12.0 Å². The Bertz CT molecular complexity index is 669. The SMILES string of the molecule is COc1ccc(CNC(=O)C[C@H]2CCCN2C(=O)OC(C)(C)C)cc1OC. The number of methoxy groups -OCH3 is 2. The standard InChI is InChI=1S/C20H30N2O5/c1-20(2,3)27-19(24)22-10-6-7-15(22)12-18(23)21-13-14-8-9-16(25-4)17(11-14)26-5/h8-9,11,15H,6-7,10,12-13H2,1-5H3,(H,21,23)/t15-/m1/s1. The molecule has 1 atom stereocenters. The Morgan fingerprint density at radius 1 is 1.19 bits per heavy atom. The van der Waals surface area contributed by atoms with Crippen molar-refractivity contribution in [2.45, 2.75) is 58.2 Å². The van der Waals surface area contributed by atoms with Crippen LogP contribution >= 0.6 is 0 Å². The summed E-state index contributed by atoms with van der Waals surface area (Å²) in [5, 5.41) is 2.91. The Labute approximate surface area is 161 Å². The fourth-order valence-corrected chi connectivity index (χ4v) is 3.09. The molecule has 7 heteroatoms. The van der Waals surface area contributed by atoms with Crippen molar-refractivity contribution < 1.29 is 23.8 Å². The maximum atomic E-state index is 12.4. The third-order valence-corrected chi connectivity index (χ3v) is 4.36. The quantitative estimate of drug-likeness (QED) is 0.823. The molecule has 1 aliphatic rings. The lowest BCUT2D eigenvalue weighted by Crippen LogP contribution is -2.42. The van der Waals surface area contributed by atoms with Crippen LogP contribution in [-0.4, -0.2) is 49.3 Å². The van der Waals surface area contributed by atoms with Crippen LogP contribution in [-0.2, 0) is 16.1 Å². The maximum absolute atomic E-state index is 12.4. The molecule has 1 heterocycles. The summed E-state index contributed by atoms with van der Waals surface area (Å²) in [4.78, 5) is 26.3. The Hall–Kier alpha value is -2.44. The van der Waals surface area contributed by atoms with Gasteiger partial charge in [0.15, 0.2) is 11.5 Å². The number of carbonyl (C=O) groups excluding carboxylic acids is 2. The molecule has 1 aromatic carbocycles. The summed E-state index contributed by atoms with van der Waals surface area (Å²) >= 11 is 0. The zero-order valence-corrected chi connectivity index (χ0v) is 16.8. The van der Waals surface area contributed by atoms with E-state index in [-0.39, 0.29) is 24.5 Å². The molecule has 0 aromatic heterocycles. The monoisotopic (exact) mass is 378 g/mol. The molecule has 150 valence electrons. The number of nitrogens with zero attached hydrogens (tertiary/aromatic N) is 1. The van der Waals surface area contributed by atoms with E-state index in [0.29, 0.717) is 24.6 Å². The van der Waals surface area contributed by atoms with Gasteiger partial charge < -0.3 is 24.4 Å². The van der Waals surface area contributed by atoms with E-state index in [1.165, 1.54) is 0 Å². The van der Waals surface area contributed by atoms with Gasteiger partial charge in [-0.25, -0.2) is 4.79 Å². The molecular weight excluding hydrogens is 348 g/mol. The van der Waals surface area contributed by atoms with Crippen LogP contribution in [0.2, 0.25) is 0 Å². The number of carbonyl (C=O) groups is 2.